The van der Waals surface area contributed by atoms with E-state index in [0.717, 1.165) is 13.1 Å². The van der Waals surface area contributed by atoms with Crippen molar-refractivity contribution >= 4 is 0 Å². The quantitative estimate of drug-likeness (QED) is 0.426. The van der Waals surface area contributed by atoms with E-state index >= 15 is 0 Å². The van der Waals surface area contributed by atoms with Gasteiger partial charge in [-0.3, -0.25) is 5.43 Å². The van der Waals surface area contributed by atoms with Crippen LogP contribution in [-0.2, 0) is 0 Å². The van der Waals surface area contributed by atoms with Gasteiger partial charge in [-0.2, -0.15) is 0 Å². The molecule has 0 aromatic heterocycles. The van der Waals surface area contributed by atoms with Crippen molar-refractivity contribution in [1.29, 1.82) is 0 Å². The fourth-order valence-corrected chi connectivity index (χ4v) is 0.332. The maximum Gasteiger partial charge on any atom is 0.0280 e. The summed E-state index contributed by atoms with van der Waals surface area (Å²) in [5.74, 6) is 0. The fourth-order valence-electron chi connectivity index (χ4n) is 0.332. The third-order valence-corrected chi connectivity index (χ3v) is 0.980. The van der Waals surface area contributed by atoms with Crippen molar-refractivity contribution in [2.75, 3.05) is 20.1 Å². The molecular weight excluding hydrogens is 100 g/mol. The zero-order chi connectivity index (χ0) is 6.41. The smallest absolute Gasteiger partial charge is 0.0280 e. The Labute approximate surface area is 51.2 Å². The number of rotatable bonds is 4. The second-order valence-corrected chi connectivity index (χ2v) is 1.67. The molecule has 0 aliphatic rings. The summed E-state index contributed by atoms with van der Waals surface area (Å²) < 4.78 is 0. The lowest BCUT2D eigenvalue weighted by atomic mass is 10.6. The predicted octanol–water partition coefficient (Wildman–Crippen LogP) is 0.629. The second kappa shape index (κ2) is 4.81. The van der Waals surface area contributed by atoms with Crippen LogP contribution < -0.4 is 5.43 Å². The molecule has 8 heavy (non-hydrogen) atoms. The van der Waals surface area contributed by atoms with E-state index in [0.29, 0.717) is 0 Å². The van der Waals surface area contributed by atoms with Gasteiger partial charge in [0.25, 0.3) is 0 Å². The second-order valence-electron chi connectivity index (χ2n) is 1.67. The molecule has 0 unspecified atom stereocenters. The van der Waals surface area contributed by atoms with Crippen LogP contribution in [-0.4, -0.2) is 25.1 Å². The van der Waals surface area contributed by atoms with Crippen LogP contribution in [0.2, 0.25) is 0 Å². The van der Waals surface area contributed by atoms with E-state index in [9.17, 15) is 0 Å². The van der Waals surface area contributed by atoms with Gasteiger partial charge in [-0.25, -0.2) is 5.01 Å². The minimum absolute atomic E-state index is 0.852. The van der Waals surface area contributed by atoms with E-state index < -0.39 is 0 Å². The number of nitrogens with one attached hydrogen (secondary N) is 1. The molecule has 0 saturated heterocycles. The molecule has 0 atom stereocenters. The van der Waals surface area contributed by atoms with E-state index in [1.54, 1.807) is 0 Å². The van der Waals surface area contributed by atoms with Gasteiger partial charge in [0.15, 0.2) is 0 Å². The topological polar surface area (TPSA) is 15.3 Å². The lowest BCUT2D eigenvalue weighted by molar-refractivity contribution is 0.261. The van der Waals surface area contributed by atoms with Gasteiger partial charge in [0, 0.05) is 20.1 Å². The van der Waals surface area contributed by atoms with E-state index in [1.807, 2.05) is 18.1 Å². The van der Waals surface area contributed by atoms with Gasteiger partial charge in [0.05, 0.1) is 0 Å². The molecule has 0 fully saturated rings. The summed E-state index contributed by atoms with van der Waals surface area (Å²) in [4.78, 5) is 0. The summed E-state index contributed by atoms with van der Waals surface area (Å²) in [5, 5.41) is 2.02. The van der Waals surface area contributed by atoms with Crippen LogP contribution in [0.4, 0.5) is 0 Å². The molecule has 0 aliphatic heterocycles. The molecule has 2 heteroatoms. The van der Waals surface area contributed by atoms with E-state index in [1.165, 1.54) is 0 Å². The summed E-state index contributed by atoms with van der Waals surface area (Å²) in [7, 11) is 2.00. The number of hydrazine groups is 1. The average Bonchev–Trinajstić information content (AvgIpc) is 1.83. The molecule has 0 spiro atoms. The highest BCUT2D eigenvalue weighted by Crippen LogP contribution is 1.70. The minimum atomic E-state index is 0.852. The Morgan fingerprint density at radius 3 is 2.75 bits per heavy atom. The van der Waals surface area contributed by atoms with Crippen molar-refractivity contribution in [3.63, 3.8) is 0 Å². The third-order valence-electron chi connectivity index (χ3n) is 0.980. The summed E-state index contributed by atoms with van der Waals surface area (Å²) in [6.07, 6.45) is 1.84. The van der Waals surface area contributed by atoms with Crippen LogP contribution in [0.5, 0.6) is 0 Å². The first-order valence-electron chi connectivity index (χ1n) is 2.86. The summed E-state index contributed by atoms with van der Waals surface area (Å²) in [6.45, 7) is 7.54. The maximum absolute atomic E-state index is 3.58. The van der Waals surface area contributed by atoms with Crippen LogP contribution in [0.3, 0.4) is 0 Å². The Hall–Kier alpha value is -0.340. The van der Waals surface area contributed by atoms with E-state index in [2.05, 4.69) is 18.9 Å². The zero-order valence-electron chi connectivity index (χ0n) is 5.65. The van der Waals surface area contributed by atoms with Crippen molar-refractivity contribution in [1.82, 2.24) is 10.4 Å². The number of hydrogen-bond acceptors (Lipinski definition) is 2. The van der Waals surface area contributed by atoms with Crippen molar-refractivity contribution in [2.45, 2.75) is 6.92 Å². The van der Waals surface area contributed by atoms with E-state index in [4.69, 9.17) is 0 Å². The predicted molar refractivity (Wildman–Crippen MR) is 36.5 cm³/mol. The highest BCUT2D eigenvalue weighted by molar-refractivity contribution is 4.67. The molecule has 2 nitrogen and oxygen atoms in total. The first-order chi connectivity index (χ1) is 3.81. The molecule has 0 heterocycles. The van der Waals surface area contributed by atoms with Gasteiger partial charge >= 0.3 is 0 Å². The molecule has 0 aromatic rings. The molecular formula is C6H14N2. The molecule has 0 aromatic carbocycles. The van der Waals surface area contributed by atoms with Crippen LogP contribution in [0.25, 0.3) is 0 Å². The summed E-state index contributed by atoms with van der Waals surface area (Å²) >= 11 is 0. The van der Waals surface area contributed by atoms with Gasteiger partial charge in [0.2, 0.25) is 0 Å². The van der Waals surface area contributed by atoms with Crippen molar-refractivity contribution < 1.29 is 0 Å². The summed E-state index contributed by atoms with van der Waals surface area (Å²) in [5.41, 5.74) is 3.10. The van der Waals surface area contributed by atoms with Crippen molar-refractivity contribution in [3.8, 4) is 0 Å². The normalized spacial score (nSPS) is 9.88. The first kappa shape index (κ1) is 7.66. The maximum atomic E-state index is 3.58. The molecule has 0 saturated carbocycles. The van der Waals surface area contributed by atoms with Crippen molar-refractivity contribution in [2.24, 2.45) is 0 Å². The molecule has 0 bridgehead atoms. The minimum Gasteiger partial charge on any atom is -0.252 e. The Kier molecular flexibility index (Phi) is 4.61. The summed E-state index contributed by atoms with van der Waals surface area (Å²) in [6, 6.07) is 0. The molecule has 0 aliphatic carbocycles. The molecule has 1 N–H and O–H groups in total. The molecule has 0 amide bonds. The zero-order valence-corrected chi connectivity index (χ0v) is 5.65. The number of nitrogens with zero attached hydrogens (tertiary/aromatic N) is 1. The monoisotopic (exact) mass is 114 g/mol. The lowest BCUT2D eigenvalue weighted by Crippen LogP contribution is -2.33. The van der Waals surface area contributed by atoms with Crippen LogP contribution in [0.1, 0.15) is 6.92 Å². The SMILES string of the molecule is C=CCNN(C)CC. The van der Waals surface area contributed by atoms with Gasteiger partial charge in [-0.1, -0.05) is 13.0 Å². The standard InChI is InChI=1S/C6H14N2/c1-4-6-7-8(3)5-2/h4,7H,1,5-6H2,2-3H3. The molecule has 48 valence electrons. The van der Waals surface area contributed by atoms with Crippen molar-refractivity contribution in [3.05, 3.63) is 12.7 Å². The number of hydrogen-bond donors (Lipinski definition) is 1. The van der Waals surface area contributed by atoms with Gasteiger partial charge in [0.1, 0.15) is 0 Å². The van der Waals surface area contributed by atoms with Gasteiger partial charge in [-0.05, 0) is 0 Å². The van der Waals surface area contributed by atoms with Crippen LogP contribution in [0.15, 0.2) is 12.7 Å². The Balaban J connectivity index is 2.97. The lowest BCUT2D eigenvalue weighted by Gasteiger charge is -2.12. The van der Waals surface area contributed by atoms with Crippen LogP contribution >= 0.6 is 0 Å². The largest absolute Gasteiger partial charge is 0.252 e. The Morgan fingerprint density at radius 2 is 2.38 bits per heavy atom. The third kappa shape index (κ3) is 3.84. The highest BCUT2D eigenvalue weighted by atomic mass is 15.5. The molecule has 0 radical (unpaired) electrons. The first-order valence-corrected chi connectivity index (χ1v) is 2.86. The average molecular weight is 114 g/mol. The Bertz CT molecular complexity index is 61.5. The fraction of sp³-hybridized carbons (Fsp3) is 0.667. The van der Waals surface area contributed by atoms with E-state index in [-0.39, 0.29) is 0 Å². The molecule has 0 rings (SSSR count). The Morgan fingerprint density at radius 1 is 1.75 bits per heavy atom. The highest BCUT2D eigenvalue weighted by Gasteiger charge is 1.85. The van der Waals surface area contributed by atoms with Gasteiger partial charge < -0.3 is 0 Å². The van der Waals surface area contributed by atoms with Crippen LogP contribution in [0, 0.1) is 0 Å². The van der Waals surface area contributed by atoms with Gasteiger partial charge in [-0.15, -0.1) is 6.58 Å².